The van der Waals surface area contributed by atoms with Crippen molar-refractivity contribution in [2.24, 2.45) is 5.73 Å². The van der Waals surface area contributed by atoms with Crippen molar-refractivity contribution >= 4 is 11.9 Å². The van der Waals surface area contributed by atoms with Crippen LogP contribution in [0.3, 0.4) is 0 Å². The highest BCUT2D eigenvalue weighted by Gasteiger charge is 2.21. The Bertz CT molecular complexity index is 392. The van der Waals surface area contributed by atoms with E-state index in [0.717, 1.165) is 5.56 Å². The van der Waals surface area contributed by atoms with Crippen molar-refractivity contribution in [1.29, 1.82) is 0 Å². The van der Waals surface area contributed by atoms with E-state index in [-0.39, 0.29) is 6.42 Å². The van der Waals surface area contributed by atoms with Crippen molar-refractivity contribution in [3.63, 3.8) is 0 Å². The first kappa shape index (κ1) is 13.1. The van der Waals surface area contributed by atoms with Gasteiger partial charge < -0.3 is 16.2 Å². The zero-order valence-electron chi connectivity index (χ0n) is 9.46. The molecule has 92 valence electrons. The molecule has 0 bridgehead atoms. The minimum Gasteiger partial charge on any atom is -0.480 e. The van der Waals surface area contributed by atoms with Gasteiger partial charge >= 0.3 is 5.97 Å². The van der Waals surface area contributed by atoms with Crippen LogP contribution in [-0.4, -0.2) is 34.1 Å². The molecule has 1 aromatic heterocycles. The van der Waals surface area contributed by atoms with Gasteiger partial charge in [0.1, 0.15) is 6.04 Å². The molecule has 0 unspecified atom stereocenters. The van der Waals surface area contributed by atoms with Crippen molar-refractivity contribution in [3.8, 4) is 0 Å². The van der Waals surface area contributed by atoms with E-state index in [1.807, 2.05) is 0 Å². The number of carbonyl (C=O) groups excluding carboxylic acids is 1. The zero-order valence-corrected chi connectivity index (χ0v) is 9.46. The topological polar surface area (TPSA) is 105 Å². The van der Waals surface area contributed by atoms with Crippen LogP contribution in [-0.2, 0) is 16.0 Å². The zero-order chi connectivity index (χ0) is 12.8. The van der Waals surface area contributed by atoms with E-state index in [1.54, 1.807) is 24.5 Å². The van der Waals surface area contributed by atoms with E-state index in [0.29, 0.717) is 0 Å². The molecule has 0 radical (unpaired) electrons. The Balaban J connectivity index is 2.68. The molecule has 0 aliphatic carbocycles. The van der Waals surface area contributed by atoms with Crippen molar-refractivity contribution < 1.29 is 14.7 Å². The van der Waals surface area contributed by atoms with Crippen molar-refractivity contribution in [2.45, 2.75) is 25.4 Å². The number of aliphatic carboxylic acids is 1. The third kappa shape index (κ3) is 4.20. The first-order valence-electron chi connectivity index (χ1n) is 5.18. The predicted molar refractivity (Wildman–Crippen MR) is 61.2 cm³/mol. The fourth-order valence-electron chi connectivity index (χ4n) is 1.26. The summed E-state index contributed by atoms with van der Waals surface area (Å²) in [5.74, 6) is -1.58. The van der Waals surface area contributed by atoms with E-state index < -0.39 is 24.0 Å². The van der Waals surface area contributed by atoms with Crippen LogP contribution < -0.4 is 11.1 Å². The summed E-state index contributed by atoms with van der Waals surface area (Å²) in [6.07, 6.45) is 3.34. The van der Waals surface area contributed by atoms with Gasteiger partial charge in [-0.3, -0.25) is 9.78 Å². The number of rotatable bonds is 5. The number of hydrogen-bond donors (Lipinski definition) is 3. The Hall–Kier alpha value is -1.95. The summed E-state index contributed by atoms with van der Waals surface area (Å²) in [4.78, 5) is 26.2. The Kier molecular flexibility index (Phi) is 4.59. The molecule has 6 heteroatoms. The first-order valence-corrected chi connectivity index (χ1v) is 5.18. The number of hydrogen-bond acceptors (Lipinski definition) is 4. The molecule has 1 amide bonds. The van der Waals surface area contributed by atoms with E-state index in [9.17, 15) is 9.59 Å². The quantitative estimate of drug-likeness (QED) is 0.642. The first-order chi connectivity index (χ1) is 8.00. The highest BCUT2D eigenvalue weighted by molar-refractivity contribution is 5.86. The third-order valence-electron chi connectivity index (χ3n) is 2.19. The van der Waals surface area contributed by atoms with Gasteiger partial charge in [0, 0.05) is 18.8 Å². The van der Waals surface area contributed by atoms with Crippen LogP contribution in [0.1, 0.15) is 12.5 Å². The highest BCUT2D eigenvalue weighted by atomic mass is 16.4. The summed E-state index contributed by atoms with van der Waals surface area (Å²) in [5, 5.41) is 11.4. The van der Waals surface area contributed by atoms with Gasteiger partial charge in [-0.05, 0) is 18.6 Å². The molecule has 1 rings (SSSR count). The highest BCUT2D eigenvalue weighted by Crippen LogP contribution is 2.02. The van der Waals surface area contributed by atoms with Gasteiger partial charge in [-0.15, -0.1) is 0 Å². The maximum atomic E-state index is 11.3. The average Bonchev–Trinajstić information content (AvgIpc) is 2.29. The Morgan fingerprint density at radius 3 is 2.76 bits per heavy atom. The lowest BCUT2D eigenvalue weighted by Gasteiger charge is -2.15. The van der Waals surface area contributed by atoms with E-state index in [4.69, 9.17) is 10.8 Å². The second-order valence-corrected chi connectivity index (χ2v) is 3.75. The second-order valence-electron chi connectivity index (χ2n) is 3.75. The minimum absolute atomic E-state index is 0.182. The molecule has 6 nitrogen and oxygen atoms in total. The van der Waals surface area contributed by atoms with Crippen molar-refractivity contribution in [3.05, 3.63) is 30.1 Å². The van der Waals surface area contributed by atoms with Crippen LogP contribution in [0.15, 0.2) is 24.5 Å². The summed E-state index contributed by atoms with van der Waals surface area (Å²) < 4.78 is 0. The minimum atomic E-state index is -1.09. The lowest BCUT2D eigenvalue weighted by atomic mass is 10.1. The number of amides is 1. The van der Waals surface area contributed by atoms with E-state index in [1.165, 1.54) is 6.92 Å². The lowest BCUT2D eigenvalue weighted by Crippen LogP contribution is -2.48. The van der Waals surface area contributed by atoms with E-state index >= 15 is 0 Å². The molecular weight excluding hydrogens is 222 g/mol. The summed E-state index contributed by atoms with van der Waals surface area (Å²) in [6, 6.07) is 1.74. The van der Waals surface area contributed by atoms with Crippen LogP contribution in [0, 0.1) is 0 Å². The van der Waals surface area contributed by atoms with Gasteiger partial charge in [-0.2, -0.15) is 0 Å². The molecule has 1 heterocycles. The van der Waals surface area contributed by atoms with Crippen molar-refractivity contribution in [2.75, 3.05) is 0 Å². The molecule has 1 aromatic rings. The molecular formula is C11H15N3O3. The fourth-order valence-corrected chi connectivity index (χ4v) is 1.26. The fraction of sp³-hybridized carbons (Fsp3) is 0.364. The maximum Gasteiger partial charge on any atom is 0.326 e. The maximum absolute atomic E-state index is 11.3. The van der Waals surface area contributed by atoms with Crippen LogP contribution in [0.2, 0.25) is 0 Å². The molecule has 0 saturated heterocycles. The summed E-state index contributed by atoms with van der Waals surface area (Å²) in [5.41, 5.74) is 6.10. The Morgan fingerprint density at radius 1 is 1.59 bits per heavy atom. The second kappa shape index (κ2) is 5.95. The van der Waals surface area contributed by atoms with Crippen molar-refractivity contribution in [1.82, 2.24) is 10.3 Å². The SMILES string of the molecule is C[C@H](N)C(=O)N[C@@H](Cc1cccnc1)C(=O)O. The summed E-state index contributed by atoms with van der Waals surface area (Å²) in [6.45, 7) is 1.50. The van der Waals surface area contributed by atoms with Gasteiger partial charge in [0.05, 0.1) is 6.04 Å². The number of aromatic nitrogens is 1. The summed E-state index contributed by atoms with van der Waals surface area (Å²) in [7, 11) is 0. The number of nitrogens with two attached hydrogens (primary N) is 1. The molecule has 0 spiro atoms. The molecule has 0 aliphatic heterocycles. The number of carboxylic acids is 1. The molecule has 0 aliphatic rings. The largest absolute Gasteiger partial charge is 0.480 e. The van der Waals surface area contributed by atoms with E-state index in [2.05, 4.69) is 10.3 Å². The average molecular weight is 237 g/mol. The van der Waals surface area contributed by atoms with Crippen LogP contribution in [0.5, 0.6) is 0 Å². The van der Waals surface area contributed by atoms with Gasteiger partial charge in [-0.25, -0.2) is 4.79 Å². The summed E-state index contributed by atoms with van der Waals surface area (Å²) >= 11 is 0. The number of carboxylic acid groups (broad SMARTS) is 1. The molecule has 0 saturated carbocycles. The monoisotopic (exact) mass is 237 g/mol. The van der Waals surface area contributed by atoms with Gasteiger partial charge in [-0.1, -0.05) is 6.07 Å². The van der Waals surface area contributed by atoms with Crippen LogP contribution in [0.4, 0.5) is 0 Å². The smallest absolute Gasteiger partial charge is 0.326 e. The Labute approximate surface area is 98.8 Å². The standard InChI is InChI=1S/C11H15N3O3/c1-7(12)10(15)14-9(11(16)17)5-8-3-2-4-13-6-8/h2-4,6-7,9H,5,12H2,1H3,(H,14,15)(H,16,17)/t7-,9-/m0/s1. The number of pyridine rings is 1. The molecule has 4 N–H and O–H groups in total. The third-order valence-corrected chi connectivity index (χ3v) is 2.19. The van der Waals surface area contributed by atoms with Gasteiger partial charge in [0.15, 0.2) is 0 Å². The number of nitrogens with zero attached hydrogens (tertiary/aromatic N) is 1. The van der Waals surface area contributed by atoms with Crippen LogP contribution in [0.25, 0.3) is 0 Å². The molecule has 0 aromatic carbocycles. The molecule has 17 heavy (non-hydrogen) atoms. The normalized spacial score (nSPS) is 13.8. The predicted octanol–water partition coefficient (Wildman–Crippen LogP) is -0.459. The number of nitrogens with one attached hydrogen (secondary N) is 1. The number of carbonyl (C=O) groups is 2. The lowest BCUT2D eigenvalue weighted by molar-refractivity contribution is -0.141. The Morgan fingerprint density at radius 2 is 2.29 bits per heavy atom. The molecule has 0 fully saturated rings. The molecule has 2 atom stereocenters. The van der Waals surface area contributed by atoms with Gasteiger partial charge in [0.2, 0.25) is 5.91 Å². The van der Waals surface area contributed by atoms with Gasteiger partial charge in [0.25, 0.3) is 0 Å². The van der Waals surface area contributed by atoms with Crippen LogP contribution >= 0.6 is 0 Å².